The highest BCUT2D eigenvalue weighted by Crippen LogP contribution is 2.33. The number of anilines is 1. The minimum atomic E-state index is 0.399. The molecular weight excluding hydrogens is 272 g/mol. The van der Waals surface area contributed by atoms with E-state index in [-0.39, 0.29) is 0 Å². The minimum Gasteiger partial charge on any atom is -0.369 e. The lowest BCUT2D eigenvalue weighted by Crippen LogP contribution is -2.24. The molecule has 0 spiro atoms. The molecule has 0 saturated carbocycles. The third-order valence-corrected chi connectivity index (χ3v) is 4.60. The second kappa shape index (κ2) is 5.62. The summed E-state index contributed by atoms with van der Waals surface area (Å²) in [6, 6.07) is 6.21. The highest BCUT2D eigenvalue weighted by molar-refractivity contribution is 6.35. The van der Waals surface area contributed by atoms with E-state index in [0.717, 1.165) is 42.0 Å². The van der Waals surface area contributed by atoms with Gasteiger partial charge in [-0.3, -0.25) is 0 Å². The number of halogens is 1. The number of aromatic nitrogens is 2. The zero-order valence-electron chi connectivity index (χ0n) is 11.8. The van der Waals surface area contributed by atoms with E-state index in [0.29, 0.717) is 12.0 Å². The Morgan fingerprint density at radius 2 is 2.20 bits per heavy atom. The van der Waals surface area contributed by atoms with Crippen molar-refractivity contribution < 1.29 is 0 Å². The zero-order valence-corrected chi connectivity index (χ0v) is 12.6. The zero-order chi connectivity index (χ0) is 14.1. The third-order valence-electron chi connectivity index (χ3n) is 4.29. The molecule has 0 bridgehead atoms. The summed E-state index contributed by atoms with van der Waals surface area (Å²) in [4.78, 5) is 6.96. The summed E-state index contributed by atoms with van der Waals surface area (Å²) in [5, 5.41) is 0.739. The molecule has 2 aromatic rings. The maximum absolute atomic E-state index is 6.36. The molecule has 2 N–H and O–H groups in total. The predicted molar refractivity (Wildman–Crippen MR) is 84.2 cm³/mol. The van der Waals surface area contributed by atoms with Crippen LogP contribution in [0, 0.1) is 0 Å². The van der Waals surface area contributed by atoms with Crippen LogP contribution in [0.15, 0.2) is 18.2 Å². The molecule has 1 aromatic carbocycles. The number of rotatable bonds is 2. The molecule has 20 heavy (non-hydrogen) atoms. The molecule has 5 heteroatoms. The van der Waals surface area contributed by atoms with Gasteiger partial charge in [0, 0.05) is 12.6 Å². The molecule has 4 nitrogen and oxygen atoms in total. The normalized spacial score (nSPS) is 21.2. The van der Waals surface area contributed by atoms with Crippen molar-refractivity contribution in [1.29, 1.82) is 0 Å². The number of fused-ring (bicyclic) bond motifs is 1. The van der Waals surface area contributed by atoms with Crippen LogP contribution in [-0.4, -0.2) is 34.1 Å². The van der Waals surface area contributed by atoms with Gasteiger partial charge < -0.3 is 15.2 Å². The Morgan fingerprint density at radius 3 is 3.00 bits per heavy atom. The van der Waals surface area contributed by atoms with Crippen LogP contribution in [0.3, 0.4) is 0 Å². The highest BCUT2D eigenvalue weighted by atomic mass is 35.5. The molecule has 1 saturated heterocycles. The molecule has 0 radical (unpaired) electrons. The number of nitrogen functional groups attached to an aromatic ring is 1. The van der Waals surface area contributed by atoms with Crippen LogP contribution in [0.1, 0.15) is 32.2 Å². The maximum Gasteiger partial charge on any atom is 0.201 e. The van der Waals surface area contributed by atoms with Crippen molar-refractivity contribution >= 4 is 28.6 Å². The van der Waals surface area contributed by atoms with Crippen molar-refractivity contribution in [2.45, 2.75) is 32.2 Å². The van der Waals surface area contributed by atoms with Crippen LogP contribution in [-0.2, 0) is 0 Å². The van der Waals surface area contributed by atoms with E-state index in [1.165, 1.54) is 13.0 Å². The van der Waals surface area contributed by atoms with E-state index in [4.69, 9.17) is 17.3 Å². The quantitative estimate of drug-likeness (QED) is 0.924. The van der Waals surface area contributed by atoms with E-state index in [1.807, 2.05) is 18.2 Å². The number of para-hydroxylation sites is 1. The lowest BCUT2D eigenvalue weighted by atomic mass is 10.1. The predicted octanol–water partition coefficient (Wildman–Crippen LogP) is 3.32. The van der Waals surface area contributed by atoms with Gasteiger partial charge in [-0.1, -0.05) is 24.6 Å². The Bertz CT molecular complexity index is 607. The van der Waals surface area contributed by atoms with E-state index >= 15 is 0 Å². The van der Waals surface area contributed by atoms with Crippen LogP contribution in [0.25, 0.3) is 11.0 Å². The smallest absolute Gasteiger partial charge is 0.201 e. The molecule has 0 amide bonds. The van der Waals surface area contributed by atoms with Crippen LogP contribution < -0.4 is 5.73 Å². The van der Waals surface area contributed by atoms with Crippen molar-refractivity contribution in [2.24, 2.45) is 0 Å². The van der Waals surface area contributed by atoms with E-state index in [2.05, 4.69) is 21.4 Å². The monoisotopic (exact) mass is 292 g/mol. The van der Waals surface area contributed by atoms with Gasteiger partial charge in [0.2, 0.25) is 5.95 Å². The number of nitrogens with zero attached hydrogens (tertiary/aromatic N) is 3. The van der Waals surface area contributed by atoms with Crippen molar-refractivity contribution in [2.75, 3.05) is 25.4 Å². The number of imidazole rings is 1. The number of likely N-dealkylation sites (tertiary alicyclic amines) is 1. The van der Waals surface area contributed by atoms with Crippen molar-refractivity contribution in [3.8, 4) is 0 Å². The molecular formula is C15H21ClN4. The van der Waals surface area contributed by atoms with Crippen LogP contribution in [0.2, 0.25) is 5.02 Å². The fourth-order valence-corrected chi connectivity index (χ4v) is 3.47. The van der Waals surface area contributed by atoms with Gasteiger partial charge in [0.05, 0.1) is 16.1 Å². The standard InChI is InChI=1S/C15H21ClN4/c1-2-19-9-4-5-11(8-10-19)20-14-12(16)6-3-7-13(14)18-15(20)17/h3,6-7,11H,2,4-5,8-10H2,1H3,(H2,17,18)/t11-/m1/s1. The van der Waals surface area contributed by atoms with Gasteiger partial charge in [-0.15, -0.1) is 0 Å². The Labute approximate surface area is 124 Å². The second-order valence-electron chi connectivity index (χ2n) is 5.47. The molecule has 2 heterocycles. The van der Waals surface area contributed by atoms with E-state index in [1.54, 1.807) is 0 Å². The molecule has 1 aliphatic heterocycles. The average Bonchev–Trinajstić information content (AvgIpc) is 2.63. The summed E-state index contributed by atoms with van der Waals surface area (Å²) in [6.07, 6.45) is 3.44. The molecule has 1 aliphatic rings. The Morgan fingerprint density at radius 1 is 1.35 bits per heavy atom. The SMILES string of the molecule is CCN1CCC[C@@H](n2c(N)nc3cccc(Cl)c32)CC1. The summed E-state index contributed by atoms with van der Waals surface area (Å²) in [5.74, 6) is 0.586. The molecule has 1 fully saturated rings. The van der Waals surface area contributed by atoms with Crippen molar-refractivity contribution in [3.63, 3.8) is 0 Å². The van der Waals surface area contributed by atoms with Gasteiger partial charge in [0.25, 0.3) is 0 Å². The molecule has 1 aromatic heterocycles. The number of hydrogen-bond acceptors (Lipinski definition) is 3. The highest BCUT2D eigenvalue weighted by Gasteiger charge is 2.22. The first-order valence-electron chi connectivity index (χ1n) is 7.35. The Kier molecular flexibility index (Phi) is 3.85. The molecule has 0 unspecified atom stereocenters. The van der Waals surface area contributed by atoms with Gasteiger partial charge in [-0.05, 0) is 44.5 Å². The summed E-state index contributed by atoms with van der Waals surface area (Å²) in [6.45, 7) is 5.63. The Balaban J connectivity index is 1.99. The average molecular weight is 293 g/mol. The topological polar surface area (TPSA) is 47.1 Å². The summed E-state index contributed by atoms with van der Waals surface area (Å²) >= 11 is 6.36. The number of nitrogens with two attached hydrogens (primary N) is 1. The van der Waals surface area contributed by atoms with Crippen LogP contribution in [0.4, 0.5) is 5.95 Å². The molecule has 108 valence electrons. The van der Waals surface area contributed by atoms with Crippen molar-refractivity contribution in [1.82, 2.24) is 14.5 Å². The fourth-order valence-electron chi connectivity index (χ4n) is 3.21. The van der Waals surface area contributed by atoms with E-state index in [9.17, 15) is 0 Å². The van der Waals surface area contributed by atoms with Gasteiger partial charge in [-0.25, -0.2) is 4.98 Å². The largest absolute Gasteiger partial charge is 0.369 e. The van der Waals surface area contributed by atoms with Crippen LogP contribution >= 0.6 is 11.6 Å². The summed E-state index contributed by atoms with van der Waals surface area (Å²) < 4.78 is 2.15. The summed E-state index contributed by atoms with van der Waals surface area (Å²) in [5.41, 5.74) is 8.03. The second-order valence-corrected chi connectivity index (χ2v) is 5.87. The number of benzene rings is 1. The molecule has 3 rings (SSSR count). The maximum atomic E-state index is 6.36. The van der Waals surface area contributed by atoms with Gasteiger partial charge >= 0.3 is 0 Å². The first-order valence-corrected chi connectivity index (χ1v) is 7.72. The molecule has 0 aliphatic carbocycles. The lowest BCUT2D eigenvalue weighted by Gasteiger charge is -2.20. The molecule has 1 atom stereocenters. The summed E-state index contributed by atoms with van der Waals surface area (Å²) in [7, 11) is 0. The lowest BCUT2D eigenvalue weighted by molar-refractivity contribution is 0.296. The van der Waals surface area contributed by atoms with Gasteiger partial charge in [0.1, 0.15) is 0 Å². The van der Waals surface area contributed by atoms with Crippen molar-refractivity contribution in [3.05, 3.63) is 23.2 Å². The van der Waals surface area contributed by atoms with Crippen LogP contribution in [0.5, 0.6) is 0 Å². The van der Waals surface area contributed by atoms with Gasteiger partial charge in [-0.2, -0.15) is 0 Å². The number of hydrogen-bond donors (Lipinski definition) is 1. The first-order chi connectivity index (χ1) is 9.70. The first kappa shape index (κ1) is 13.7. The Hall–Kier alpha value is -1.26. The fraction of sp³-hybridized carbons (Fsp3) is 0.533. The van der Waals surface area contributed by atoms with E-state index < -0.39 is 0 Å². The van der Waals surface area contributed by atoms with Gasteiger partial charge in [0.15, 0.2) is 0 Å². The third kappa shape index (κ3) is 2.38. The minimum absolute atomic E-state index is 0.399.